The van der Waals surface area contributed by atoms with Crippen LogP contribution >= 0.6 is 0 Å². The number of carbonyl (C=O) groups excluding carboxylic acids is 1. The van der Waals surface area contributed by atoms with Gasteiger partial charge in [0, 0.05) is 5.56 Å². The first-order valence-electron chi connectivity index (χ1n) is 9.74. The molecule has 0 fully saturated rings. The van der Waals surface area contributed by atoms with Crippen LogP contribution in [0.5, 0.6) is 5.75 Å². The molecule has 0 heterocycles. The van der Waals surface area contributed by atoms with Crippen molar-refractivity contribution in [1.82, 2.24) is 5.32 Å². The van der Waals surface area contributed by atoms with E-state index in [1.54, 1.807) is 12.4 Å². The molecule has 3 rings (SSSR count). The second-order valence-corrected chi connectivity index (χ2v) is 7.09. The molecule has 0 unspecified atom stereocenters. The Bertz CT molecular complexity index is 978. The van der Waals surface area contributed by atoms with E-state index in [9.17, 15) is 13.6 Å². The van der Waals surface area contributed by atoms with E-state index in [0.29, 0.717) is 5.56 Å². The summed E-state index contributed by atoms with van der Waals surface area (Å²) in [7, 11) is 1.61. The van der Waals surface area contributed by atoms with Gasteiger partial charge in [0.2, 0.25) is 0 Å². The number of benzene rings is 3. The molecule has 3 N–H and O–H groups in total. The summed E-state index contributed by atoms with van der Waals surface area (Å²) in [5.74, 6) is -1.19. The van der Waals surface area contributed by atoms with Gasteiger partial charge in [-0.15, -0.1) is 0 Å². The fourth-order valence-corrected chi connectivity index (χ4v) is 3.24. The molecule has 0 aliphatic heterocycles. The Hall–Kier alpha value is -3.25. The van der Waals surface area contributed by atoms with Crippen molar-refractivity contribution in [3.05, 3.63) is 101 Å². The molecule has 4 nitrogen and oxygen atoms in total. The number of hydrogen-bond acceptors (Lipinski definition) is 2. The number of halogens is 2. The first kappa shape index (κ1) is 21.5. The Morgan fingerprint density at radius 1 is 0.933 bits per heavy atom. The van der Waals surface area contributed by atoms with Gasteiger partial charge in [-0.1, -0.05) is 42.5 Å². The van der Waals surface area contributed by atoms with E-state index in [2.05, 4.69) is 5.32 Å². The van der Waals surface area contributed by atoms with Crippen molar-refractivity contribution >= 4 is 5.91 Å². The molecule has 0 saturated carbocycles. The van der Waals surface area contributed by atoms with Gasteiger partial charge < -0.3 is 15.4 Å². The molecular weight excluding hydrogens is 386 g/mol. The monoisotopic (exact) mass is 411 g/mol. The van der Waals surface area contributed by atoms with E-state index < -0.39 is 11.6 Å². The molecule has 6 heteroatoms. The SMILES string of the molecule is COc1ccc([C@H](NC(=O)C[NH2+][C@H](C)c2ccc(F)c(F)c2)c2ccccc2)cc1. The van der Waals surface area contributed by atoms with Crippen molar-refractivity contribution in [2.45, 2.75) is 19.0 Å². The highest BCUT2D eigenvalue weighted by Crippen LogP contribution is 2.24. The molecule has 0 aliphatic rings. The number of nitrogens with two attached hydrogens (primary N) is 1. The average molecular weight is 411 g/mol. The summed E-state index contributed by atoms with van der Waals surface area (Å²) < 4.78 is 31.8. The van der Waals surface area contributed by atoms with Gasteiger partial charge in [0.1, 0.15) is 11.8 Å². The normalized spacial score (nSPS) is 12.8. The number of carbonyl (C=O) groups is 1. The standard InChI is InChI=1S/C24H24F2N2O2/c1-16(19-10-13-21(25)22(26)14-19)27-15-23(29)28-24(17-6-4-3-5-7-17)18-8-11-20(30-2)12-9-18/h3-14,16,24,27H,15H2,1-2H3,(H,28,29)/p+1/t16-,24-/m1/s1. The third-order valence-corrected chi connectivity index (χ3v) is 5.01. The zero-order valence-corrected chi connectivity index (χ0v) is 16.9. The minimum atomic E-state index is -0.888. The molecule has 0 radical (unpaired) electrons. The third kappa shape index (κ3) is 5.42. The molecule has 0 aromatic heterocycles. The Balaban J connectivity index is 1.69. The Morgan fingerprint density at radius 3 is 2.20 bits per heavy atom. The molecule has 3 aromatic carbocycles. The van der Waals surface area contributed by atoms with Crippen molar-refractivity contribution in [2.24, 2.45) is 0 Å². The van der Waals surface area contributed by atoms with Crippen LogP contribution in [0.3, 0.4) is 0 Å². The number of amides is 1. The van der Waals surface area contributed by atoms with Gasteiger partial charge in [-0.25, -0.2) is 8.78 Å². The summed E-state index contributed by atoms with van der Waals surface area (Å²) in [5, 5.41) is 4.86. The lowest BCUT2D eigenvalue weighted by Crippen LogP contribution is -2.87. The predicted octanol–water partition coefficient (Wildman–Crippen LogP) is 3.50. The molecule has 1 amide bonds. The lowest BCUT2D eigenvalue weighted by molar-refractivity contribution is -0.682. The summed E-state index contributed by atoms with van der Waals surface area (Å²) >= 11 is 0. The fraction of sp³-hybridized carbons (Fsp3) is 0.208. The highest BCUT2D eigenvalue weighted by atomic mass is 19.2. The van der Waals surface area contributed by atoms with Gasteiger partial charge in [0.25, 0.3) is 5.91 Å². The van der Waals surface area contributed by atoms with Crippen LogP contribution < -0.4 is 15.4 Å². The lowest BCUT2D eigenvalue weighted by atomic mass is 9.98. The van der Waals surface area contributed by atoms with Crippen LogP contribution in [-0.2, 0) is 4.79 Å². The number of nitrogens with one attached hydrogen (secondary N) is 1. The quantitative estimate of drug-likeness (QED) is 0.596. The number of ether oxygens (including phenoxy) is 1. The van der Waals surface area contributed by atoms with E-state index in [4.69, 9.17) is 4.74 Å². The van der Waals surface area contributed by atoms with Gasteiger partial charge in [-0.3, -0.25) is 4.79 Å². The summed E-state index contributed by atoms with van der Waals surface area (Å²) in [6.45, 7) is 2.00. The molecule has 30 heavy (non-hydrogen) atoms. The zero-order valence-electron chi connectivity index (χ0n) is 16.9. The largest absolute Gasteiger partial charge is 0.497 e. The summed E-state index contributed by atoms with van der Waals surface area (Å²) in [4.78, 5) is 12.7. The molecule has 0 spiro atoms. The van der Waals surface area contributed by atoms with Gasteiger partial charge in [0.05, 0.1) is 13.2 Å². The van der Waals surface area contributed by atoms with Crippen LogP contribution in [0.25, 0.3) is 0 Å². The van der Waals surface area contributed by atoms with Crippen molar-refractivity contribution in [2.75, 3.05) is 13.7 Å². The van der Waals surface area contributed by atoms with E-state index in [-0.39, 0.29) is 24.5 Å². The minimum absolute atomic E-state index is 0.152. The van der Waals surface area contributed by atoms with Gasteiger partial charge in [-0.2, -0.15) is 0 Å². The van der Waals surface area contributed by atoms with Crippen molar-refractivity contribution < 1.29 is 23.6 Å². The van der Waals surface area contributed by atoms with Crippen LogP contribution in [-0.4, -0.2) is 19.6 Å². The van der Waals surface area contributed by atoms with Crippen LogP contribution in [0.4, 0.5) is 8.78 Å². The smallest absolute Gasteiger partial charge is 0.275 e. The average Bonchev–Trinajstić information content (AvgIpc) is 2.78. The number of hydrogen-bond donors (Lipinski definition) is 2. The molecular formula is C24H25F2N2O2+. The highest BCUT2D eigenvalue weighted by molar-refractivity contribution is 5.77. The molecule has 3 aromatic rings. The second-order valence-electron chi connectivity index (χ2n) is 7.09. The van der Waals surface area contributed by atoms with Crippen molar-refractivity contribution in [1.29, 1.82) is 0 Å². The fourth-order valence-electron chi connectivity index (χ4n) is 3.24. The number of quaternary nitrogens is 1. The second kappa shape index (κ2) is 9.98. The van der Waals surface area contributed by atoms with Gasteiger partial charge in [0.15, 0.2) is 18.2 Å². The summed E-state index contributed by atoms with van der Waals surface area (Å²) in [5.41, 5.74) is 2.52. The van der Waals surface area contributed by atoms with Gasteiger partial charge >= 0.3 is 0 Å². The van der Waals surface area contributed by atoms with Crippen molar-refractivity contribution in [3.8, 4) is 5.75 Å². The Labute approximate surface area is 174 Å². The first-order valence-corrected chi connectivity index (χ1v) is 9.74. The Morgan fingerprint density at radius 2 is 1.57 bits per heavy atom. The molecule has 0 aliphatic carbocycles. The highest BCUT2D eigenvalue weighted by Gasteiger charge is 2.19. The van der Waals surface area contributed by atoms with Gasteiger partial charge in [-0.05, 0) is 48.4 Å². The maximum atomic E-state index is 13.5. The Kier molecular flexibility index (Phi) is 7.14. The van der Waals surface area contributed by atoms with E-state index in [0.717, 1.165) is 22.9 Å². The lowest BCUT2D eigenvalue weighted by Gasteiger charge is -2.20. The van der Waals surface area contributed by atoms with Crippen molar-refractivity contribution in [3.63, 3.8) is 0 Å². The van der Waals surface area contributed by atoms with E-state index in [1.165, 1.54) is 12.1 Å². The number of methoxy groups -OCH3 is 1. The first-order chi connectivity index (χ1) is 14.5. The maximum Gasteiger partial charge on any atom is 0.275 e. The van der Waals surface area contributed by atoms with Crippen LogP contribution in [0.2, 0.25) is 0 Å². The minimum Gasteiger partial charge on any atom is -0.497 e. The zero-order chi connectivity index (χ0) is 21.5. The van der Waals surface area contributed by atoms with E-state index in [1.807, 2.05) is 61.5 Å². The predicted molar refractivity (Wildman–Crippen MR) is 111 cm³/mol. The topological polar surface area (TPSA) is 54.9 Å². The summed E-state index contributed by atoms with van der Waals surface area (Å²) in [6.07, 6.45) is 0. The van der Waals surface area contributed by atoms with E-state index >= 15 is 0 Å². The molecule has 0 saturated heterocycles. The maximum absolute atomic E-state index is 13.5. The molecule has 0 bridgehead atoms. The van der Waals surface area contributed by atoms with Crippen LogP contribution in [0.1, 0.15) is 35.7 Å². The number of rotatable bonds is 8. The van der Waals surface area contributed by atoms with Crippen LogP contribution in [0.15, 0.2) is 72.8 Å². The third-order valence-electron chi connectivity index (χ3n) is 5.01. The summed E-state index contributed by atoms with van der Waals surface area (Å²) in [6, 6.07) is 20.5. The molecule has 156 valence electrons. The van der Waals surface area contributed by atoms with Crippen LogP contribution in [0, 0.1) is 11.6 Å². The molecule has 2 atom stereocenters.